The lowest BCUT2D eigenvalue weighted by Crippen LogP contribution is -2.28. The van der Waals surface area contributed by atoms with Gasteiger partial charge in [0.05, 0.1) is 19.3 Å². The molecule has 6 nitrogen and oxygen atoms in total. The van der Waals surface area contributed by atoms with Crippen molar-refractivity contribution in [2.45, 2.75) is 19.5 Å². The molecule has 1 aliphatic rings. The number of nitrogens with two attached hydrogens (primary N) is 1. The number of hydrogen-bond donors (Lipinski definition) is 2. The number of para-hydroxylation sites is 2. The molecule has 1 heterocycles. The van der Waals surface area contributed by atoms with Crippen LogP contribution in [0.1, 0.15) is 17.5 Å². The lowest BCUT2D eigenvalue weighted by Gasteiger charge is -2.20. The fraction of sp³-hybridized carbons (Fsp3) is 0.409. The van der Waals surface area contributed by atoms with Crippen molar-refractivity contribution in [1.82, 2.24) is 9.80 Å². The van der Waals surface area contributed by atoms with Crippen molar-refractivity contribution in [1.29, 1.82) is 0 Å². The van der Waals surface area contributed by atoms with Gasteiger partial charge in [-0.05, 0) is 49.8 Å². The van der Waals surface area contributed by atoms with Gasteiger partial charge in [-0.2, -0.15) is 0 Å². The molecule has 2 aromatic carbocycles. The highest BCUT2D eigenvalue weighted by atomic mass is 127. The Kier molecular flexibility index (Phi) is 9.69. The zero-order valence-corrected chi connectivity index (χ0v) is 19.6. The largest absolute Gasteiger partial charge is 0.495 e. The van der Waals surface area contributed by atoms with E-state index in [0.29, 0.717) is 12.5 Å². The van der Waals surface area contributed by atoms with Crippen LogP contribution in [0, 0.1) is 0 Å². The number of anilines is 1. The summed E-state index contributed by atoms with van der Waals surface area (Å²) in [5.74, 6) is 1.12. The molecule has 7 heteroatoms. The lowest BCUT2D eigenvalue weighted by molar-refractivity contribution is 0.269. The maximum atomic E-state index is 6.03. The van der Waals surface area contributed by atoms with Crippen LogP contribution in [0.3, 0.4) is 0 Å². The van der Waals surface area contributed by atoms with Crippen molar-refractivity contribution in [2.24, 2.45) is 10.7 Å². The third kappa shape index (κ3) is 7.49. The minimum atomic E-state index is 0. The van der Waals surface area contributed by atoms with Crippen LogP contribution in [-0.2, 0) is 13.1 Å². The molecule has 0 aliphatic carbocycles. The number of methoxy groups -OCH3 is 1. The second kappa shape index (κ2) is 12.0. The monoisotopic (exact) mass is 509 g/mol. The van der Waals surface area contributed by atoms with Crippen molar-refractivity contribution >= 4 is 35.6 Å². The molecule has 0 saturated carbocycles. The van der Waals surface area contributed by atoms with Crippen LogP contribution in [0.15, 0.2) is 53.5 Å². The second-order valence-electron chi connectivity index (χ2n) is 7.28. The van der Waals surface area contributed by atoms with E-state index in [-0.39, 0.29) is 24.0 Å². The molecule has 0 unspecified atom stereocenters. The first-order valence-electron chi connectivity index (χ1n) is 9.83. The van der Waals surface area contributed by atoms with Crippen LogP contribution >= 0.6 is 24.0 Å². The minimum absolute atomic E-state index is 0. The molecular weight excluding hydrogens is 477 g/mol. The summed E-state index contributed by atoms with van der Waals surface area (Å²) in [5, 5.41) is 3.10. The summed E-state index contributed by atoms with van der Waals surface area (Å²) in [5.41, 5.74) is 9.33. The second-order valence-corrected chi connectivity index (χ2v) is 7.28. The molecule has 1 saturated heterocycles. The Hall–Kier alpha value is -1.84. The number of hydrogen-bond acceptors (Lipinski definition) is 4. The molecule has 3 rings (SSSR count). The molecule has 3 N–H and O–H groups in total. The molecule has 1 fully saturated rings. The Labute approximate surface area is 191 Å². The molecule has 0 atom stereocenters. The number of aliphatic imine (C=N–C) groups is 1. The standard InChI is InChI=1S/C22H31N5O.HI/c1-26-12-5-13-27(15-14-26)17-19-10-8-18(9-11-19)16-24-22(23)25-20-6-3-4-7-21(20)28-2;/h3-4,6-11H,5,12-17H2,1-2H3,(H3,23,24,25);1H. The minimum Gasteiger partial charge on any atom is -0.495 e. The van der Waals surface area contributed by atoms with Gasteiger partial charge in [0.1, 0.15) is 5.75 Å². The van der Waals surface area contributed by atoms with E-state index >= 15 is 0 Å². The fourth-order valence-electron chi connectivity index (χ4n) is 3.37. The van der Waals surface area contributed by atoms with E-state index in [1.807, 2.05) is 24.3 Å². The Bertz CT molecular complexity index is 781. The van der Waals surface area contributed by atoms with E-state index in [2.05, 4.69) is 51.4 Å². The Morgan fingerprint density at radius 3 is 2.52 bits per heavy atom. The van der Waals surface area contributed by atoms with E-state index in [4.69, 9.17) is 10.5 Å². The number of halogens is 1. The predicted molar refractivity (Wildman–Crippen MR) is 131 cm³/mol. The van der Waals surface area contributed by atoms with Gasteiger partial charge in [0.15, 0.2) is 5.96 Å². The SMILES string of the molecule is COc1ccccc1NC(N)=NCc1ccc(CN2CCCN(C)CC2)cc1.I. The quantitative estimate of drug-likeness (QED) is 0.355. The molecule has 0 radical (unpaired) electrons. The van der Waals surface area contributed by atoms with Crippen LogP contribution < -0.4 is 15.8 Å². The normalized spacial score (nSPS) is 16.0. The van der Waals surface area contributed by atoms with E-state index in [1.54, 1.807) is 7.11 Å². The number of ether oxygens (including phenoxy) is 1. The number of benzene rings is 2. The Morgan fingerprint density at radius 2 is 1.76 bits per heavy atom. The summed E-state index contributed by atoms with van der Waals surface area (Å²) in [6.07, 6.45) is 1.24. The molecular formula is C22H32IN5O. The zero-order chi connectivity index (χ0) is 19.8. The van der Waals surface area contributed by atoms with E-state index in [9.17, 15) is 0 Å². The van der Waals surface area contributed by atoms with Crippen LogP contribution in [-0.4, -0.2) is 56.1 Å². The molecule has 29 heavy (non-hydrogen) atoms. The molecule has 0 bridgehead atoms. The van der Waals surface area contributed by atoms with Crippen LogP contribution in [0.25, 0.3) is 0 Å². The van der Waals surface area contributed by atoms with Crippen molar-refractivity contribution in [3.05, 3.63) is 59.7 Å². The number of likely N-dealkylation sites (N-methyl/N-ethyl adjacent to an activating group) is 1. The van der Waals surface area contributed by atoms with Gasteiger partial charge in [-0.25, -0.2) is 4.99 Å². The van der Waals surface area contributed by atoms with Crippen molar-refractivity contribution < 1.29 is 4.74 Å². The smallest absolute Gasteiger partial charge is 0.193 e. The van der Waals surface area contributed by atoms with Gasteiger partial charge in [0, 0.05) is 19.6 Å². The first kappa shape index (κ1) is 23.4. The fourth-order valence-corrected chi connectivity index (χ4v) is 3.37. The van der Waals surface area contributed by atoms with Crippen LogP contribution in [0.2, 0.25) is 0 Å². The number of nitrogens with one attached hydrogen (secondary N) is 1. The van der Waals surface area contributed by atoms with Crippen molar-refractivity contribution in [3.63, 3.8) is 0 Å². The van der Waals surface area contributed by atoms with Gasteiger partial charge in [0.25, 0.3) is 0 Å². The average molecular weight is 509 g/mol. The first-order valence-corrected chi connectivity index (χ1v) is 9.83. The summed E-state index contributed by atoms with van der Waals surface area (Å²) in [7, 11) is 3.84. The number of guanidine groups is 1. The van der Waals surface area contributed by atoms with Gasteiger partial charge < -0.3 is 20.7 Å². The lowest BCUT2D eigenvalue weighted by atomic mass is 10.1. The molecule has 2 aromatic rings. The van der Waals surface area contributed by atoms with Crippen molar-refractivity contribution in [3.8, 4) is 5.75 Å². The Balaban J connectivity index is 0.00000300. The molecule has 1 aliphatic heterocycles. The third-order valence-corrected chi connectivity index (χ3v) is 5.04. The topological polar surface area (TPSA) is 66.1 Å². The van der Waals surface area contributed by atoms with E-state index in [1.165, 1.54) is 25.1 Å². The third-order valence-electron chi connectivity index (χ3n) is 5.04. The van der Waals surface area contributed by atoms with Gasteiger partial charge in [-0.3, -0.25) is 4.90 Å². The Morgan fingerprint density at radius 1 is 1.03 bits per heavy atom. The summed E-state index contributed by atoms with van der Waals surface area (Å²) in [6, 6.07) is 16.3. The summed E-state index contributed by atoms with van der Waals surface area (Å²) in [6.45, 7) is 6.19. The predicted octanol–water partition coefficient (Wildman–Crippen LogP) is 3.38. The van der Waals surface area contributed by atoms with Gasteiger partial charge in [-0.1, -0.05) is 36.4 Å². The zero-order valence-electron chi connectivity index (χ0n) is 17.3. The highest BCUT2D eigenvalue weighted by Crippen LogP contribution is 2.22. The van der Waals surface area contributed by atoms with Gasteiger partial charge in [-0.15, -0.1) is 24.0 Å². The summed E-state index contributed by atoms with van der Waals surface area (Å²) >= 11 is 0. The highest BCUT2D eigenvalue weighted by Gasteiger charge is 2.12. The van der Waals surface area contributed by atoms with E-state index < -0.39 is 0 Å². The van der Waals surface area contributed by atoms with Crippen LogP contribution in [0.4, 0.5) is 5.69 Å². The van der Waals surface area contributed by atoms with E-state index in [0.717, 1.165) is 36.6 Å². The maximum Gasteiger partial charge on any atom is 0.193 e. The first-order chi connectivity index (χ1) is 13.6. The molecule has 0 spiro atoms. The maximum absolute atomic E-state index is 6.03. The summed E-state index contributed by atoms with van der Waals surface area (Å²) in [4.78, 5) is 9.38. The molecule has 158 valence electrons. The van der Waals surface area contributed by atoms with Gasteiger partial charge in [0.2, 0.25) is 0 Å². The molecule has 0 amide bonds. The number of nitrogens with zero attached hydrogens (tertiary/aromatic N) is 3. The molecule has 0 aromatic heterocycles. The summed E-state index contributed by atoms with van der Waals surface area (Å²) < 4.78 is 5.32. The van der Waals surface area contributed by atoms with Crippen LogP contribution in [0.5, 0.6) is 5.75 Å². The highest BCUT2D eigenvalue weighted by molar-refractivity contribution is 14.0. The van der Waals surface area contributed by atoms with Gasteiger partial charge >= 0.3 is 0 Å². The number of rotatable bonds is 6. The van der Waals surface area contributed by atoms with Crippen molar-refractivity contribution in [2.75, 3.05) is 45.7 Å². The average Bonchev–Trinajstić information content (AvgIpc) is 2.92.